The van der Waals surface area contributed by atoms with Crippen LogP contribution >= 0.6 is 0 Å². The molecule has 5 aliphatic heterocycles. The van der Waals surface area contributed by atoms with Crippen molar-refractivity contribution in [3.05, 3.63) is 107 Å². The third kappa shape index (κ3) is 3.30. The van der Waals surface area contributed by atoms with E-state index in [1.807, 2.05) is 48.6 Å². The SMILES string of the molecule is C1=CC(C2=CC3=NC2=CC2=NC(=CC4=NC(=CC5=NC(=C3)C=C5)C=C4)C=C2)CCC1. The van der Waals surface area contributed by atoms with Gasteiger partial charge in [-0.25, -0.2) is 20.0 Å². The monoisotopic (exact) mass is 388 g/mol. The van der Waals surface area contributed by atoms with Gasteiger partial charge in [0.05, 0.1) is 45.6 Å². The van der Waals surface area contributed by atoms with Gasteiger partial charge in [0, 0.05) is 5.92 Å². The van der Waals surface area contributed by atoms with Gasteiger partial charge in [-0.05, 0) is 91.7 Å². The second-order valence-electron chi connectivity index (χ2n) is 7.95. The first-order valence-corrected chi connectivity index (χ1v) is 10.4. The minimum Gasteiger partial charge on any atom is -0.249 e. The number of aliphatic imine (C=N–C) groups is 4. The van der Waals surface area contributed by atoms with Gasteiger partial charge in [-0.3, -0.25) is 0 Å². The first-order valence-electron chi connectivity index (χ1n) is 10.4. The quantitative estimate of drug-likeness (QED) is 0.547. The highest BCUT2D eigenvalue weighted by Crippen LogP contribution is 2.34. The Hall–Kier alpha value is -3.66. The summed E-state index contributed by atoms with van der Waals surface area (Å²) in [6, 6.07) is 0. The van der Waals surface area contributed by atoms with Gasteiger partial charge >= 0.3 is 0 Å². The maximum Gasteiger partial charge on any atom is 0.0697 e. The fourth-order valence-corrected chi connectivity index (χ4v) is 4.29. The molecule has 0 aromatic heterocycles. The Bertz CT molecular complexity index is 1240. The molecule has 6 aliphatic rings. The highest BCUT2D eigenvalue weighted by Gasteiger charge is 2.23. The van der Waals surface area contributed by atoms with E-state index in [1.54, 1.807) is 0 Å². The maximum absolute atomic E-state index is 4.94. The van der Waals surface area contributed by atoms with E-state index in [0.717, 1.165) is 52.1 Å². The number of allylic oxidation sites excluding steroid dienone is 14. The molecule has 0 amide bonds. The molecule has 6 rings (SSSR count). The van der Waals surface area contributed by atoms with Gasteiger partial charge < -0.3 is 0 Å². The van der Waals surface area contributed by atoms with E-state index < -0.39 is 0 Å². The summed E-state index contributed by atoms with van der Waals surface area (Å²) >= 11 is 0. The summed E-state index contributed by atoms with van der Waals surface area (Å²) in [6.45, 7) is 0. The lowest BCUT2D eigenvalue weighted by Gasteiger charge is -2.18. The van der Waals surface area contributed by atoms with Crippen LogP contribution in [0.1, 0.15) is 19.3 Å². The van der Waals surface area contributed by atoms with Crippen molar-refractivity contribution in [2.24, 2.45) is 25.9 Å². The lowest BCUT2D eigenvalue weighted by Crippen LogP contribution is -2.05. The zero-order chi connectivity index (χ0) is 19.9. The molecule has 0 spiro atoms. The molecule has 144 valence electrons. The van der Waals surface area contributed by atoms with Crippen LogP contribution in [0.15, 0.2) is 127 Å². The molecule has 4 heteroatoms. The summed E-state index contributed by atoms with van der Waals surface area (Å²) in [6.07, 6.45) is 30.7. The molecule has 0 radical (unpaired) electrons. The van der Waals surface area contributed by atoms with Gasteiger partial charge in [-0.15, -0.1) is 0 Å². The summed E-state index contributed by atoms with van der Waals surface area (Å²) in [5.41, 5.74) is 8.66. The first kappa shape index (κ1) is 17.2. The molecule has 0 saturated heterocycles. The minimum atomic E-state index is 0.408. The normalized spacial score (nSPS) is 25.9. The average Bonchev–Trinajstić information content (AvgIpc) is 3.53. The Balaban J connectivity index is 1.48. The third-order valence-corrected chi connectivity index (χ3v) is 5.72. The van der Waals surface area contributed by atoms with E-state index in [9.17, 15) is 0 Å². The van der Waals surface area contributed by atoms with Crippen molar-refractivity contribution in [1.29, 1.82) is 0 Å². The van der Waals surface area contributed by atoms with E-state index in [2.05, 4.69) is 35.4 Å². The summed E-state index contributed by atoms with van der Waals surface area (Å²) in [7, 11) is 0. The molecule has 1 atom stereocenters. The van der Waals surface area contributed by atoms with Crippen molar-refractivity contribution in [3.63, 3.8) is 0 Å². The molecule has 8 bridgehead atoms. The van der Waals surface area contributed by atoms with Gasteiger partial charge in [0.1, 0.15) is 0 Å². The zero-order valence-corrected chi connectivity index (χ0v) is 16.5. The molecular formula is C26H20N4. The van der Waals surface area contributed by atoms with Crippen molar-refractivity contribution in [2.45, 2.75) is 19.3 Å². The third-order valence-electron chi connectivity index (χ3n) is 5.72. The number of nitrogens with zero attached hydrogens (tertiary/aromatic N) is 4. The van der Waals surface area contributed by atoms with Crippen molar-refractivity contribution >= 4 is 22.8 Å². The molecule has 1 unspecified atom stereocenters. The molecule has 0 fully saturated rings. The lowest BCUT2D eigenvalue weighted by molar-refractivity contribution is 0.610. The van der Waals surface area contributed by atoms with Gasteiger partial charge in [0.15, 0.2) is 0 Å². The van der Waals surface area contributed by atoms with Gasteiger partial charge in [0.25, 0.3) is 0 Å². The van der Waals surface area contributed by atoms with Crippen LogP contribution in [0.2, 0.25) is 0 Å². The number of hydrogen-bond donors (Lipinski definition) is 0. The largest absolute Gasteiger partial charge is 0.249 e. The molecule has 1 aliphatic carbocycles. The average molecular weight is 388 g/mol. The van der Waals surface area contributed by atoms with Crippen molar-refractivity contribution in [2.75, 3.05) is 0 Å². The molecule has 0 N–H and O–H groups in total. The molecule has 5 heterocycles. The fraction of sp³-hybridized carbons (Fsp3) is 0.154. The minimum absolute atomic E-state index is 0.408. The highest BCUT2D eigenvalue weighted by atomic mass is 14.8. The Morgan fingerprint density at radius 2 is 1.20 bits per heavy atom. The smallest absolute Gasteiger partial charge is 0.0697 e. The van der Waals surface area contributed by atoms with Crippen LogP contribution in [0.3, 0.4) is 0 Å². The lowest BCUT2D eigenvalue weighted by atomic mass is 9.87. The Morgan fingerprint density at radius 3 is 1.80 bits per heavy atom. The number of hydrogen-bond acceptors (Lipinski definition) is 4. The van der Waals surface area contributed by atoms with E-state index in [-0.39, 0.29) is 0 Å². The topological polar surface area (TPSA) is 49.4 Å². The summed E-state index contributed by atoms with van der Waals surface area (Å²) in [5.74, 6) is 0.408. The predicted octanol–water partition coefficient (Wildman–Crippen LogP) is 5.31. The van der Waals surface area contributed by atoms with Crippen LogP contribution in [0.25, 0.3) is 0 Å². The predicted molar refractivity (Wildman–Crippen MR) is 124 cm³/mol. The van der Waals surface area contributed by atoms with E-state index >= 15 is 0 Å². The number of rotatable bonds is 1. The van der Waals surface area contributed by atoms with Crippen molar-refractivity contribution in [1.82, 2.24) is 0 Å². The Labute approximate surface area is 175 Å². The second kappa shape index (κ2) is 6.99. The van der Waals surface area contributed by atoms with Gasteiger partial charge in [-0.1, -0.05) is 12.2 Å². The van der Waals surface area contributed by atoms with Crippen molar-refractivity contribution < 1.29 is 0 Å². The first-order chi connectivity index (χ1) is 14.8. The number of fused-ring (bicyclic) bond motifs is 4. The fourth-order valence-electron chi connectivity index (χ4n) is 4.29. The summed E-state index contributed by atoms with van der Waals surface area (Å²) in [4.78, 5) is 19.1. The van der Waals surface area contributed by atoms with Gasteiger partial charge in [-0.2, -0.15) is 0 Å². The molecule has 0 aromatic carbocycles. The van der Waals surface area contributed by atoms with E-state index in [0.29, 0.717) is 5.92 Å². The van der Waals surface area contributed by atoms with E-state index in [1.165, 1.54) is 18.4 Å². The molecule has 30 heavy (non-hydrogen) atoms. The highest BCUT2D eigenvalue weighted by molar-refractivity contribution is 6.15. The summed E-state index contributed by atoms with van der Waals surface area (Å²) < 4.78 is 0. The van der Waals surface area contributed by atoms with Crippen LogP contribution in [-0.2, 0) is 0 Å². The van der Waals surface area contributed by atoms with Gasteiger partial charge in [0.2, 0.25) is 0 Å². The van der Waals surface area contributed by atoms with E-state index in [4.69, 9.17) is 15.0 Å². The second-order valence-corrected chi connectivity index (χ2v) is 7.95. The van der Waals surface area contributed by atoms with Crippen molar-refractivity contribution in [3.8, 4) is 0 Å². The Kier molecular flexibility index (Phi) is 4.01. The molecule has 0 saturated carbocycles. The molecule has 4 nitrogen and oxygen atoms in total. The maximum atomic E-state index is 4.94. The van der Waals surface area contributed by atoms with Crippen LogP contribution in [0.5, 0.6) is 0 Å². The Morgan fingerprint density at radius 1 is 0.600 bits per heavy atom. The van der Waals surface area contributed by atoms with Crippen LogP contribution in [-0.4, -0.2) is 22.8 Å². The molecule has 0 aromatic rings. The zero-order valence-electron chi connectivity index (χ0n) is 16.5. The van der Waals surface area contributed by atoms with Crippen LogP contribution in [0.4, 0.5) is 0 Å². The summed E-state index contributed by atoms with van der Waals surface area (Å²) in [5, 5.41) is 0. The van der Waals surface area contributed by atoms with Crippen LogP contribution in [0, 0.1) is 5.92 Å². The van der Waals surface area contributed by atoms with Crippen LogP contribution < -0.4 is 0 Å². The molecular weight excluding hydrogens is 368 g/mol. The standard InChI is InChI=1S/C26H20N4/c1-2-4-17(5-3-1)25-15-24-14-22-9-8-20(28-22)12-18-6-7-19(27-18)13-21-10-11-23(29-21)16-26(25)30-24/h2,4,6-17H,1,3,5H2.